The van der Waals surface area contributed by atoms with Crippen LogP contribution < -0.4 is 5.73 Å². The number of pyridine rings is 1. The van der Waals surface area contributed by atoms with E-state index in [4.69, 9.17) is 5.73 Å². The van der Waals surface area contributed by atoms with Gasteiger partial charge in [-0.25, -0.2) is 8.78 Å². The summed E-state index contributed by atoms with van der Waals surface area (Å²) in [5.41, 5.74) is 6.60. The standard InChI is InChI=1S/C13H12F2N2/c14-10-4-1-5-11(15)13(10)12(16)7-9-3-2-6-17-8-9/h1-6,8,12H,7,16H2. The maximum atomic E-state index is 13.5. The van der Waals surface area contributed by atoms with Crippen molar-refractivity contribution >= 4 is 0 Å². The summed E-state index contributed by atoms with van der Waals surface area (Å²) in [4.78, 5) is 3.93. The van der Waals surface area contributed by atoms with Crippen molar-refractivity contribution in [3.63, 3.8) is 0 Å². The number of benzene rings is 1. The van der Waals surface area contributed by atoms with Gasteiger partial charge in [0.2, 0.25) is 0 Å². The molecule has 0 aliphatic rings. The van der Waals surface area contributed by atoms with Crippen LogP contribution in [0.2, 0.25) is 0 Å². The van der Waals surface area contributed by atoms with Gasteiger partial charge in [0, 0.05) is 24.0 Å². The molecule has 1 unspecified atom stereocenters. The molecule has 4 heteroatoms. The molecule has 1 aromatic carbocycles. The number of hydrogen-bond donors (Lipinski definition) is 1. The lowest BCUT2D eigenvalue weighted by Gasteiger charge is -2.13. The van der Waals surface area contributed by atoms with E-state index in [1.165, 1.54) is 18.2 Å². The quantitative estimate of drug-likeness (QED) is 0.886. The van der Waals surface area contributed by atoms with E-state index >= 15 is 0 Å². The second kappa shape index (κ2) is 5.01. The third-order valence-electron chi connectivity index (χ3n) is 2.55. The molecule has 2 rings (SSSR count). The van der Waals surface area contributed by atoms with E-state index < -0.39 is 17.7 Å². The number of rotatable bonds is 3. The molecule has 2 aromatic rings. The number of nitrogens with two attached hydrogens (primary N) is 1. The lowest BCUT2D eigenvalue weighted by atomic mass is 10.00. The lowest BCUT2D eigenvalue weighted by Crippen LogP contribution is -2.17. The van der Waals surface area contributed by atoms with E-state index in [1.54, 1.807) is 18.5 Å². The first-order chi connectivity index (χ1) is 8.18. The summed E-state index contributed by atoms with van der Waals surface area (Å²) in [6.45, 7) is 0. The van der Waals surface area contributed by atoms with Crippen LogP contribution in [0, 0.1) is 11.6 Å². The maximum Gasteiger partial charge on any atom is 0.130 e. The average Bonchev–Trinajstić information content (AvgIpc) is 2.30. The van der Waals surface area contributed by atoms with Crippen LogP contribution in [0.1, 0.15) is 17.2 Å². The SMILES string of the molecule is NC(Cc1cccnc1)c1c(F)cccc1F. The topological polar surface area (TPSA) is 38.9 Å². The van der Waals surface area contributed by atoms with Crippen LogP contribution in [0.3, 0.4) is 0 Å². The summed E-state index contributed by atoms with van der Waals surface area (Å²) in [6.07, 6.45) is 3.63. The Balaban J connectivity index is 2.23. The summed E-state index contributed by atoms with van der Waals surface area (Å²) < 4.78 is 26.9. The number of aromatic nitrogens is 1. The highest BCUT2D eigenvalue weighted by Crippen LogP contribution is 2.21. The number of hydrogen-bond acceptors (Lipinski definition) is 2. The van der Waals surface area contributed by atoms with Crippen LogP contribution >= 0.6 is 0 Å². The second-order valence-corrected chi connectivity index (χ2v) is 3.81. The molecular formula is C13H12F2N2. The van der Waals surface area contributed by atoms with Gasteiger partial charge in [0.15, 0.2) is 0 Å². The second-order valence-electron chi connectivity index (χ2n) is 3.81. The number of nitrogens with zero attached hydrogens (tertiary/aromatic N) is 1. The minimum absolute atomic E-state index is 0.0728. The van der Waals surface area contributed by atoms with Crippen LogP contribution in [-0.2, 0) is 6.42 Å². The molecule has 88 valence electrons. The molecular weight excluding hydrogens is 222 g/mol. The van der Waals surface area contributed by atoms with Gasteiger partial charge in [0.05, 0.1) is 0 Å². The summed E-state index contributed by atoms with van der Waals surface area (Å²) in [5, 5.41) is 0. The Labute approximate surface area is 98.1 Å². The highest BCUT2D eigenvalue weighted by Gasteiger charge is 2.16. The monoisotopic (exact) mass is 234 g/mol. The average molecular weight is 234 g/mol. The largest absolute Gasteiger partial charge is 0.323 e. The molecule has 17 heavy (non-hydrogen) atoms. The van der Waals surface area contributed by atoms with Crippen molar-refractivity contribution in [1.29, 1.82) is 0 Å². The van der Waals surface area contributed by atoms with E-state index in [1.807, 2.05) is 6.07 Å². The highest BCUT2D eigenvalue weighted by molar-refractivity contribution is 5.25. The van der Waals surface area contributed by atoms with Crippen molar-refractivity contribution < 1.29 is 8.78 Å². The van der Waals surface area contributed by atoms with Crippen LogP contribution in [0.25, 0.3) is 0 Å². The van der Waals surface area contributed by atoms with Gasteiger partial charge in [0.25, 0.3) is 0 Å². The third-order valence-corrected chi connectivity index (χ3v) is 2.55. The first kappa shape index (κ1) is 11.7. The molecule has 0 aliphatic carbocycles. The van der Waals surface area contributed by atoms with Gasteiger partial charge in [-0.2, -0.15) is 0 Å². The summed E-state index contributed by atoms with van der Waals surface area (Å²) in [6, 6.07) is 6.62. The molecule has 0 fully saturated rings. The van der Waals surface area contributed by atoms with Gasteiger partial charge in [-0.15, -0.1) is 0 Å². The van der Waals surface area contributed by atoms with E-state index in [2.05, 4.69) is 4.98 Å². The zero-order valence-electron chi connectivity index (χ0n) is 9.11. The van der Waals surface area contributed by atoms with Gasteiger partial charge in [-0.05, 0) is 30.2 Å². The van der Waals surface area contributed by atoms with Crippen molar-refractivity contribution in [3.05, 3.63) is 65.5 Å². The molecule has 1 aromatic heterocycles. The third kappa shape index (κ3) is 2.65. The van der Waals surface area contributed by atoms with Crippen LogP contribution in [0.15, 0.2) is 42.7 Å². The van der Waals surface area contributed by atoms with Crippen molar-refractivity contribution in [3.8, 4) is 0 Å². The zero-order valence-corrected chi connectivity index (χ0v) is 9.11. The summed E-state index contributed by atoms with van der Waals surface area (Å²) in [7, 11) is 0. The van der Waals surface area contributed by atoms with E-state index in [9.17, 15) is 8.78 Å². The Hall–Kier alpha value is -1.81. The summed E-state index contributed by atoms with van der Waals surface area (Å²) in [5.74, 6) is -1.22. The Morgan fingerprint density at radius 2 is 1.82 bits per heavy atom. The fourth-order valence-corrected chi connectivity index (χ4v) is 1.74. The van der Waals surface area contributed by atoms with Gasteiger partial charge >= 0.3 is 0 Å². The highest BCUT2D eigenvalue weighted by atomic mass is 19.1. The van der Waals surface area contributed by atoms with Gasteiger partial charge in [-0.3, -0.25) is 4.98 Å². The normalized spacial score (nSPS) is 12.4. The molecule has 0 aliphatic heterocycles. The van der Waals surface area contributed by atoms with Gasteiger partial charge in [-0.1, -0.05) is 12.1 Å². The lowest BCUT2D eigenvalue weighted by molar-refractivity contribution is 0.524. The van der Waals surface area contributed by atoms with Crippen LogP contribution in [0.4, 0.5) is 8.78 Å². The predicted octanol–water partition coefficient (Wildman–Crippen LogP) is 2.60. The molecule has 0 saturated heterocycles. The molecule has 0 spiro atoms. The summed E-state index contributed by atoms with van der Waals surface area (Å²) >= 11 is 0. The fraction of sp³-hybridized carbons (Fsp3) is 0.154. The molecule has 0 bridgehead atoms. The van der Waals surface area contributed by atoms with Crippen LogP contribution in [0.5, 0.6) is 0 Å². The minimum Gasteiger partial charge on any atom is -0.323 e. The van der Waals surface area contributed by atoms with Crippen molar-refractivity contribution in [1.82, 2.24) is 4.98 Å². The Bertz CT molecular complexity index is 480. The molecule has 0 radical (unpaired) electrons. The molecule has 0 amide bonds. The molecule has 1 atom stereocenters. The Kier molecular flexibility index (Phi) is 3.44. The van der Waals surface area contributed by atoms with E-state index in [0.29, 0.717) is 6.42 Å². The Morgan fingerprint density at radius 3 is 2.41 bits per heavy atom. The smallest absolute Gasteiger partial charge is 0.130 e. The Morgan fingerprint density at radius 1 is 1.12 bits per heavy atom. The fourth-order valence-electron chi connectivity index (χ4n) is 1.74. The zero-order chi connectivity index (χ0) is 12.3. The van der Waals surface area contributed by atoms with Crippen LogP contribution in [-0.4, -0.2) is 4.98 Å². The minimum atomic E-state index is -0.708. The molecule has 2 N–H and O–H groups in total. The van der Waals surface area contributed by atoms with E-state index in [-0.39, 0.29) is 5.56 Å². The molecule has 2 nitrogen and oxygen atoms in total. The van der Waals surface area contributed by atoms with Crippen molar-refractivity contribution in [2.24, 2.45) is 5.73 Å². The van der Waals surface area contributed by atoms with Crippen molar-refractivity contribution in [2.45, 2.75) is 12.5 Å². The predicted molar refractivity (Wildman–Crippen MR) is 61.2 cm³/mol. The van der Waals surface area contributed by atoms with E-state index in [0.717, 1.165) is 5.56 Å². The first-order valence-electron chi connectivity index (χ1n) is 5.27. The van der Waals surface area contributed by atoms with Gasteiger partial charge < -0.3 is 5.73 Å². The molecule has 0 saturated carbocycles. The maximum absolute atomic E-state index is 13.5. The van der Waals surface area contributed by atoms with Gasteiger partial charge in [0.1, 0.15) is 11.6 Å². The molecule has 1 heterocycles. The van der Waals surface area contributed by atoms with Crippen molar-refractivity contribution in [2.75, 3.05) is 0 Å². The first-order valence-corrected chi connectivity index (χ1v) is 5.27. The number of halogens is 2.